The van der Waals surface area contributed by atoms with Gasteiger partial charge in [-0.3, -0.25) is 0 Å². The third kappa shape index (κ3) is 5.06. The molecule has 5 nitrogen and oxygen atoms in total. The van der Waals surface area contributed by atoms with Crippen LogP contribution < -0.4 is 19.5 Å². The maximum atomic E-state index is 10.4. The largest absolute Gasteiger partial charge is 0.497 e. The Hall–Kier alpha value is -1.95. The maximum absolute atomic E-state index is 10.4. The van der Waals surface area contributed by atoms with Crippen molar-refractivity contribution in [3.63, 3.8) is 0 Å². The lowest BCUT2D eigenvalue weighted by atomic mass is 9.87. The highest BCUT2D eigenvalue weighted by atomic mass is 35.5. The molecule has 0 aromatic heterocycles. The van der Waals surface area contributed by atoms with Crippen molar-refractivity contribution >= 4 is 12.4 Å². The molecule has 2 N–H and O–H groups in total. The number of methoxy groups -OCH3 is 3. The van der Waals surface area contributed by atoms with Crippen LogP contribution in [0, 0.1) is 0 Å². The lowest BCUT2D eigenvalue weighted by Gasteiger charge is -2.27. The second-order valence-electron chi connectivity index (χ2n) is 6.61. The Morgan fingerprint density at radius 1 is 1.00 bits per heavy atom. The van der Waals surface area contributed by atoms with Crippen molar-refractivity contribution in [2.24, 2.45) is 0 Å². The lowest BCUT2D eigenvalue weighted by molar-refractivity contribution is 0.168. The zero-order valence-electron chi connectivity index (χ0n) is 16.0. The van der Waals surface area contributed by atoms with E-state index in [-0.39, 0.29) is 12.4 Å². The van der Waals surface area contributed by atoms with Gasteiger partial charge in [0.05, 0.1) is 27.4 Å². The van der Waals surface area contributed by atoms with Crippen LogP contribution in [0.25, 0.3) is 0 Å². The molecule has 1 aliphatic rings. The summed E-state index contributed by atoms with van der Waals surface area (Å²) in [6.07, 6.45) is 2.42. The van der Waals surface area contributed by atoms with E-state index in [0.29, 0.717) is 12.6 Å². The molecule has 2 aromatic rings. The minimum absolute atomic E-state index is 0. The van der Waals surface area contributed by atoms with Crippen LogP contribution in [0.4, 0.5) is 0 Å². The standard InChI is InChI=1S/C21H27NO4.ClH/c1-24-18-8-5-14(6-9-18)19(23)13-22-17-7-4-15-11-20(25-2)21(26-3)12-16(15)10-17;/h5-6,8-9,11-12,17,19,22-23H,4,7,10,13H2,1-3H3;1H. The molecule has 6 heteroatoms. The molecule has 27 heavy (non-hydrogen) atoms. The fourth-order valence-electron chi connectivity index (χ4n) is 3.48. The Balaban J connectivity index is 0.00000261. The predicted octanol–water partition coefficient (Wildman–Crippen LogP) is 3.31. The summed E-state index contributed by atoms with van der Waals surface area (Å²) in [7, 11) is 4.96. The molecule has 2 atom stereocenters. The van der Waals surface area contributed by atoms with Crippen LogP contribution in [0.5, 0.6) is 17.2 Å². The smallest absolute Gasteiger partial charge is 0.161 e. The van der Waals surface area contributed by atoms with Crippen molar-refractivity contribution in [1.29, 1.82) is 0 Å². The number of rotatable bonds is 7. The third-order valence-electron chi connectivity index (χ3n) is 5.03. The summed E-state index contributed by atoms with van der Waals surface area (Å²) in [6, 6.07) is 12.0. The molecular formula is C21H28ClNO4. The van der Waals surface area contributed by atoms with Gasteiger partial charge in [-0.1, -0.05) is 12.1 Å². The molecule has 0 spiro atoms. The number of hydrogen-bond acceptors (Lipinski definition) is 5. The van der Waals surface area contributed by atoms with Crippen molar-refractivity contribution in [3.05, 3.63) is 53.1 Å². The summed E-state index contributed by atoms with van der Waals surface area (Å²) in [6.45, 7) is 0.527. The van der Waals surface area contributed by atoms with Gasteiger partial charge in [0.2, 0.25) is 0 Å². The van der Waals surface area contributed by atoms with Crippen LogP contribution in [0.2, 0.25) is 0 Å². The van der Waals surface area contributed by atoms with Gasteiger partial charge in [-0.05, 0) is 60.2 Å². The average molecular weight is 394 g/mol. The zero-order valence-corrected chi connectivity index (χ0v) is 16.8. The van der Waals surface area contributed by atoms with E-state index in [0.717, 1.165) is 42.1 Å². The first kappa shape index (κ1) is 21.4. The van der Waals surface area contributed by atoms with E-state index in [1.807, 2.05) is 24.3 Å². The molecule has 2 aromatic carbocycles. The molecule has 0 saturated carbocycles. The first-order valence-corrected chi connectivity index (χ1v) is 8.93. The quantitative estimate of drug-likeness (QED) is 0.755. The van der Waals surface area contributed by atoms with Crippen LogP contribution in [0.3, 0.4) is 0 Å². The van der Waals surface area contributed by atoms with E-state index in [4.69, 9.17) is 14.2 Å². The highest BCUT2D eigenvalue weighted by Crippen LogP contribution is 2.34. The summed E-state index contributed by atoms with van der Waals surface area (Å²) < 4.78 is 16.0. The molecule has 0 saturated heterocycles. The van der Waals surface area contributed by atoms with Crippen molar-refractivity contribution in [2.45, 2.75) is 31.4 Å². The van der Waals surface area contributed by atoms with Crippen LogP contribution in [0.1, 0.15) is 29.2 Å². The van der Waals surface area contributed by atoms with Crippen molar-refractivity contribution in [2.75, 3.05) is 27.9 Å². The van der Waals surface area contributed by atoms with Gasteiger partial charge in [0.1, 0.15) is 5.75 Å². The molecule has 0 heterocycles. The highest BCUT2D eigenvalue weighted by molar-refractivity contribution is 5.85. The van der Waals surface area contributed by atoms with Gasteiger partial charge in [0, 0.05) is 12.6 Å². The van der Waals surface area contributed by atoms with Crippen LogP contribution in [-0.2, 0) is 12.8 Å². The number of aryl methyl sites for hydroxylation is 1. The molecule has 0 radical (unpaired) electrons. The van der Waals surface area contributed by atoms with E-state index in [1.54, 1.807) is 21.3 Å². The average Bonchev–Trinajstić information content (AvgIpc) is 2.70. The molecule has 2 unspecified atom stereocenters. The third-order valence-corrected chi connectivity index (χ3v) is 5.03. The van der Waals surface area contributed by atoms with Crippen LogP contribution >= 0.6 is 12.4 Å². The fraction of sp³-hybridized carbons (Fsp3) is 0.429. The van der Waals surface area contributed by atoms with E-state index < -0.39 is 6.10 Å². The number of ether oxygens (including phenoxy) is 3. The minimum atomic E-state index is -0.535. The second kappa shape index (κ2) is 9.83. The van der Waals surface area contributed by atoms with E-state index in [2.05, 4.69) is 17.4 Å². The summed E-state index contributed by atoms with van der Waals surface area (Å²) >= 11 is 0. The normalized spacial score (nSPS) is 16.7. The maximum Gasteiger partial charge on any atom is 0.161 e. The number of hydrogen-bond donors (Lipinski definition) is 2. The van der Waals surface area contributed by atoms with Gasteiger partial charge in [-0.25, -0.2) is 0 Å². The van der Waals surface area contributed by atoms with Crippen molar-refractivity contribution in [1.82, 2.24) is 5.32 Å². The fourth-order valence-corrected chi connectivity index (χ4v) is 3.48. The summed E-state index contributed by atoms with van der Waals surface area (Å²) in [4.78, 5) is 0. The Morgan fingerprint density at radius 2 is 1.63 bits per heavy atom. The number of aliphatic hydroxyl groups is 1. The summed E-state index contributed by atoms with van der Waals surface area (Å²) in [5.41, 5.74) is 3.49. The number of nitrogens with one attached hydrogen (secondary N) is 1. The molecule has 1 aliphatic carbocycles. The van der Waals surface area contributed by atoms with E-state index >= 15 is 0 Å². The Labute approximate surface area is 167 Å². The van der Waals surface area contributed by atoms with Gasteiger partial charge >= 0.3 is 0 Å². The second-order valence-corrected chi connectivity index (χ2v) is 6.61. The molecule has 0 aliphatic heterocycles. The molecule has 148 valence electrons. The number of aliphatic hydroxyl groups excluding tert-OH is 1. The summed E-state index contributed by atoms with van der Waals surface area (Å²) in [5, 5.41) is 13.9. The van der Waals surface area contributed by atoms with Crippen molar-refractivity contribution in [3.8, 4) is 17.2 Å². The SMILES string of the molecule is COc1ccc(C(O)CNC2CCc3cc(OC)c(OC)cc3C2)cc1.Cl. The number of benzene rings is 2. The Morgan fingerprint density at radius 3 is 2.22 bits per heavy atom. The van der Waals surface area contributed by atoms with Gasteiger partial charge in [0.15, 0.2) is 11.5 Å². The van der Waals surface area contributed by atoms with Crippen LogP contribution in [-0.4, -0.2) is 39.0 Å². The van der Waals surface area contributed by atoms with Gasteiger partial charge in [-0.15, -0.1) is 12.4 Å². The highest BCUT2D eigenvalue weighted by Gasteiger charge is 2.21. The van der Waals surface area contributed by atoms with Gasteiger partial charge in [0.25, 0.3) is 0 Å². The molecule has 3 rings (SSSR count). The number of halogens is 1. The molecule has 0 bridgehead atoms. The van der Waals surface area contributed by atoms with E-state index in [9.17, 15) is 5.11 Å². The Bertz CT molecular complexity index is 736. The Kier molecular flexibility index (Phi) is 7.78. The lowest BCUT2D eigenvalue weighted by Crippen LogP contribution is -2.37. The summed E-state index contributed by atoms with van der Waals surface area (Å²) in [5.74, 6) is 2.35. The van der Waals surface area contributed by atoms with Gasteiger partial charge < -0.3 is 24.6 Å². The van der Waals surface area contributed by atoms with Crippen molar-refractivity contribution < 1.29 is 19.3 Å². The monoisotopic (exact) mass is 393 g/mol. The number of fused-ring (bicyclic) bond motifs is 1. The minimum Gasteiger partial charge on any atom is -0.497 e. The topological polar surface area (TPSA) is 60.0 Å². The van der Waals surface area contributed by atoms with E-state index in [1.165, 1.54) is 11.1 Å². The predicted molar refractivity (Wildman–Crippen MR) is 109 cm³/mol. The molecule has 0 amide bonds. The first-order valence-electron chi connectivity index (χ1n) is 8.93. The molecule has 0 fully saturated rings. The first-order chi connectivity index (χ1) is 12.6. The van der Waals surface area contributed by atoms with Gasteiger partial charge in [-0.2, -0.15) is 0 Å². The zero-order chi connectivity index (χ0) is 18.5. The van der Waals surface area contributed by atoms with Crippen LogP contribution in [0.15, 0.2) is 36.4 Å². The molecular weight excluding hydrogens is 366 g/mol.